The number of hydrogen-bond acceptors (Lipinski definition) is 3. The Hall–Kier alpha value is -2.92. The van der Waals surface area contributed by atoms with E-state index in [0.717, 1.165) is 29.8 Å². The second-order valence-corrected chi connectivity index (χ2v) is 6.95. The number of aromatic nitrogens is 2. The smallest absolute Gasteiger partial charge is 0.255 e. The Bertz CT molecular complexity index is 900. The van der Waals surface area contributed by atoms with Gasteiger partial charge < -0.3 is 10.2 Å². The van der Waals surface area contributed by atoms with Crippen LogP contribution in [0.15, 0.2) is 60.8 Å². The van der Waals surface area contributed by atoms with Gasteiger partial charge in [-0.05, 0) is 52.2 Å². The van der Waals surface area contributed by atoms with Crippen LogP contribution in [-0.2, 0) is 0 Å². The maximum atomic E-state index is 12.8. The first-order chi connectivity index (χ1) is 13.0. The molecule has 0 spiro atoms. The molecule has 27 heavy (non-hydrogen) atoms. The van der Waals surface area contributed by atoms with E-state index in [1.807, 2.05) is 75.7 Å². The van der Waals surface area contributed by atoms with E-state index >= 15 is 0 Å². The Balaban J connectivity index is 1.91. The number of nitrogens with zero attached hydrogens (tertiary/aromatic N) is 3. The number of amides is 1. The Morgan fingerprint density at radius 3 is 2.59 bits per heavy atom. The number of hydrogen-bond donors (Lipinski definition) is 1. The van der Waals surface area contributed by atoms with Gasteiger partial charge in [-0.2, -0.15) is 5.10 Å². The van der Waals surface area contributed by atoms with E-state index in [2.05, 4.69) is 16.3 Å². The van der Waals surface area contributed by atoms with Crippen LogP contribution in [0, 0.1) is 6.92 Å². The van der Waals surface area contributed by atoms with Crippen LogP contribution in [0.4, 0.5) is 0 Å². The molecule has 0 unspecified atom stereocenters. The lowest BCUT2D eigenvalue weighted by Crippen LogP contribution is -2.27. The number of benzene rings is 2. The van der Waals surface area contributed by atoms with Gasteiger partial charge in [-0.15, -0.1) is 0 Å². The lowest BCUT2D eigenvalue weighted by molar-refractivity contribution is 0.0953. The SMILES string of the molecule is Cc1cccc(-c2nn(-c3ccccc3)cc2C(=O)NCCCN(C)C)c1. The van der Waals surface area contributed by atoms with E-state index in [9.17, 15) is 4.79 Å². The van der Waals surface area contributed by atoms with Crippen LogP contribution in [0.3, 0.4) is 0 Å². The molecule has 140 valence electrons. The van der Waals surface area contributed by atoms with Gasteiger partial charge in [0, 0.05) is 18.3 Å². The molecule has 0 bridgehead atoms. The molecule has 1 N–H and O–H groups in total. The van der Waals surface area contributed by atoms with E-state index in [4.69, 9.17) is 5.10 Å². The minimum Gasteiger partial charge on any atom is -0.352 e. The normalized spacial score (nSPS) is 11.0. The highest BCUT2D eigenvalue weighted by molar-refractivity contribution is 6.00. The highest BCUT2D eigenvalue weighted by Crippen LogP contribution is 2.24. The highest BCUT2D eigenvalue weighted by atomic mass is 16.1. The zero-order chi connectivity index (χ0) is 19.2. The number of carbonyl (C=O) groups is 1. The van der Waals surface area contributed by atoms with E-state index in [1.165, 1.54) is 0 Å². The zero-order valence-electron chi connectivity index (χ0n) is 16.1. The third-order valence-electron chi connectivity index (χ3n) is 4.34. The number of carbonyl (C=O) groups excluding carboxylic acids is 1. The standard InChI is InChI=1S/C22H26N4O/c1-17-9-7-10-18(15-17)21-20(22(27)23-13-8-14-25(2)3)16-26(24-21)19-11-5-4-6-12-19/h4-7,9-12,15-16H,8,13-14H2,1-3H3,(H,23,27). The summed E-state index contributed by atoms with van der Waals surface area (Å²) in [6, 6.07) is 17.9. The van der Waals surface area contributed by atoms with Crippen molar-refractivity contribution in [1.29, 1.82) is 0 Å². The molecule has 5 nitrogen and oxygen atoms in total. The summed E-state index contributed by atoms with van der Waals surface area (Å²) in [7, 11) is 4.06. The van der Waals surface area contributed by atoms with Crippen molar-refractivity contribution in [2.45, 2.75) is 13.3 Å². The minimum absolute atomic E-state index is 0.0903. The van der Waals surface area contributed by atoms with Crippen molar-refractivity contribution in [3.05, 3.63) is 71.9 Å². The summed E-state index contributed by atoms with van der Waals surface area (Å²) in [6.07, 6.45) is 2.72. The molecule has 5 heteroatoms. The van der Waals surface area contributed by atoms with Gasteiger partial charge in [0.1, 0.15) is 5.69 Å². The third kappa shape index (κ3) is 4.83. The Labute approximate surface area is 160 Å². The molecular weight excluding hydrogens is 336 g/mol. The number of nitrogens with one attached hydrogen (secondary N) is 1. The molecule has 0 fully saturated rings. The Morgan fingerprint density at radius 1 is 1.11 bits per heavy atom. The molecule has 1 amide bonds. The van der Waals surface area contributed by atoms with E-state index in [1.54, 1.807) is 4.68 Å². The molecular formula is C22H26N4O. The van der Waals surface area contributed by atoms with Crippen molar-refractivity contribution in [3.63, 3.8) is 0 Å². The second kappa shape index (κ2) is 8.64. The fourth-order valence-corrected chi connectivity index (χ4v) is 2.95. The van der Waals surface area contributed by atoms with Gasteiger partial charge in [-0.1, -0.05) is 42.0 Å². The second-order valence-electron chi connectivity index (χ2n) is 6.95. The summed E-state index contributed by atoms with van der Waals surface area (Å²) >= 11 is 0. The van der Waals surface area contributed by atoms with Crippen molar-refractivity contribution in [3.8, 4) is 16.9 Å². The molecule has 3 aromatic rings. The molecule has 0 saturated heterocycles. The van der Waals surface area contributed by atoms with Gasteiger partial charge in [0.25, 0.3) is 5.91 Å². The lowest BCUT2D eigenvalue weighted by atomic mass is 10.1. The van der Waals surface area contributed by atoms with Crippen LogP contribution in [0.2, 0.25) is 0 Å². The van der Waals surface area contributed by atoms with Crippen LogP contribution in [0.25, 0.3) is 16.9 Å². The molecule has 0 aliphatic rings. The van der Waals surface area contributed by atoms with Gasteiger partial charge in [0.05, 0.1) is 11.3 Å². The van der Waals surface area contributed by atoms with Crippen molar-refractivity contribution in [2.75, 3.05) is 27.2 Å². The highest BCUT2D eigenvalue weighted by Gasteiger charge is 2.18. The summed E-state index contributed by atoms with van der Waals surface area (Å²) in [6.45, 7) is 3.62. The average Bonchev–Trinajstić information content (AvgIpc) is 3.11. The van der Waals surface area contributed by atoms with E-state index < -0.39 is 0 Å². The van der Waals surface area contributed by atoms with E-state index in [-0.39, 0.29) is 5.91 Å². The molecule has 0 aliphatic carbocycles. The fraction of sp³-hybridized carbons (Fsp3) is 0.273. The van der Waals surface area contributed by atoms with Crippen molar-refractivity contribution >= 4 is 5.91 Å². The Morgan fingerprint density at radius 2 is 1.89 bits per heavy atom. The average molecular weight is 362 g/mol. The van der Waals surface area contributed by atoms with Gasteiger partial charge in [-0.25, -0.2) is 4.68 Å². The summed E-state index contributed by atoms with van der Waals surface area (Å²) < 4.78 is 1.77. The number of rotatable bonds is 7. The maximum absolute atomic E-state index is 12.8. The first-order valence-electron chi connectivity index (χ1n) is 9.19. The van der Waals surface area contributed by atoms with Crippen molar-refractivity contribution in [2.24, 2.45) is 0 Å². The monoisotopic (exact) mass is 362 g/mol. The predicted octanol–water partition coefficient (Wildman–Crippen LogP) is 3.53. The molecule has 0 radical (unpaired) electrons. The summed E-state index contributed by atoms with van der Waals surface area (Å²) in [4.78, 5) is 14.9. The topological polar surface area (TPSA) is 50.2 Å². The van der Waals surface area contributed by atoms with Gasteiger partial charge in [0.2, 0.25) is 0 Å². The van der Waals surface area contributed by atoms with Crippen LogP contribution in [-0.4, -0.2) is 47.8 Å². The van der Waals surface area contributed by atoms with Crippen LogP contribution in [0.1, 0.15) is 22.3 Å². The molecule has 0 saturated carbocycles. The van der Waals surface area contributed by atoms with Crippen molar-refractivity contribution < 1.29 is 4.79 Å². The fourth-order valence-electron chi connectivity index (χ4n) is 2.95. The molecule has 0 atom stereocenters. The van der Waals surface area contributed by atoms with E-state index in [0.29, 0.717) is 17.8 Å². The third-order valence-corrected chi connectivity index (χ3v) is 4.34. The molecule has 3 rings (SSSR count). The first kappa shape index (κ1) is 18.9. The molecule has 0 aliphatic heterocycles. The zero-order valence-corrected chi connectivity index (χ0v) is 16.1. The van der Waals surface area contributed by atoms with Crippen LogP contribution >= 0.6 is 0 Å². The summed E-state index contributed by atoms with van der Waals surface area (Å²) in [5.74, 6) is -0.0903. The van der Waals surface area contributed by atoms with Gasteiger partial charge in [0.15, 0.2) is 0 Å². The van der Waals surface area contributed by atoms with Crippen molar-refractivity contribution in [1.82, 2.24) is 20.0 Å². The Kier molecular flexibility index (Phi) is 6.04. The number of para-hydroxylation sites is 1. The predicted molar refractivity (Wildman–Crippen MR) is 109 cm³/mol. The van der Waals surface area contributed by atoms with Gasteiger partial charge >= 0.3 is 0 Å². The number of aryl methyl sites for hydroxylation is 1. The lowest BCUT2D eigenvalue weighted by Gasteiger charge is -2.10. The van der Waals surface area contributed by atoms with Gasteiger partial charge in [-0.3, -0.25) is 4.79 Å². The first-order valence-corrected chi connectivity index (χ1v) is 9.19. The van der Waals surface area contributed by atoms with Crippen LogP contribution < -0.4 is 5.32 Å². The molecule has 1 aromatic heterocycles. The maximum Gasteiger partial charge on any atom is 0.255 e. The largest absolute Gasteiger partial charge is 0.352 e. The summed E-state index contributed by atoms with van der Waals surface area (Å²) in [5.41, 5.74) is 4.31. The molecule has 1 heterocycles. The summed E-state index contributed by atoms with van der Waals surface area (Å²) in [5, 5.41) is 7.74. The minimum atomic E-state index is -0.0903. The molecule has 2 aromatic carbocycles. The van der Waals surface area contributed by atoms with Crippen LogP contribution in [0.5, 0.6) is 0 Å². The quantitative estimate of drug-likeness (QED) is 0.654.